The van der Waals surface area contributed by atoms with Crippen molar-refractivity contribution < 1.29 is 27.4 Å². The maximum absolute atomic E-state index is 12.9. The number of amides is 1. The van der Waals surface area contributed by atoms with Crippen LogP contribution in [0.2, 0.25) is 0 Å². The van der Waals surface area contributed by atoms with E-state index in [1.165, 1.54) is 18.2 Å². The van der Waals surface area contributed by atoms with Gasteiger partial charge >= 0.3 is 6.18 Å². The van der Waals surface area contributed by atoms with Crippen molar-refractivity contribution in [1.82, 2.24) is 5.32 Å². The van der Waals surface area contributed by atoms with Gasteiger partial charge in [0.15, 0.2) is 0 Å². The minimum Gasteiger partial charge on any atom is -0.491 e. The Labute approximate surface area is 156 Å². The number of ether oxygens (including phenoxy) is 2. The molecule has 0 aromatic heterocycles. The minimum atomic E-state index is -4.49. The van der Waals surface area contributed by atoms with Crippen LogP contribution >= 0.6 is 12.4 Å². The van der Waals surface area contributed by atoms with Crippen molar-refractivity contribution in [3.63, 3.8) is 0 Å². The molecule has 0 saturated carbocycles. The van der Waals surface area contributed by atoms with Crippen LogP contribution in [0.5, 0.6) is 5.75 Å². The average molecular weight is 397 g/mol. The molecule has 0 radical (unpaired) electrons. The number of para-hydroxylation sites is 1. The number of alkyl halides is 3. The maximum Gasteiger partial charge on any atom is 0.419 e. The Morgan fingerprint density at radius 3 is 2.54 bits per heavy atom. The molecule has 5 nitrogen and oxygen atoms in total. The van der Waals surface area contributed by atoms with Crippen molar-refractivity contribution in [2.24, 2.45) is 11.1 Å². The fourth-order valence-electron chi connectivity index (χ4n) is 2.75. The normalized spacial score (nSPS) is 17.7. The van der Waals surface area contributed by atoms with Crippen molar-refractivity contribution in [1.29, 1.82) is 0 Å². The second-order valence-electron chi connectivity index (χ2n) is 6.28. The van der Waals surface area contributed by atoms with Crippen LogP contribution in [0, 0.1) is 5.41 Å². The van der Waals surface area contributed by atoms with E-state index in [4.69, 9.17) is 15.2 Å². The summed E-state index contributed by atoms with van der Waals surface area (Å²) in [5, 5.41) is 2.79. The molecule has 1 aromatic carbocycles. The summed E-state index contributed by atoms with van der Waals surface area (Å²) in [6, 6.07) is 4.54. The minimum absolute atomic E-state index is 0. The predicted molar refractivity (Wildman–Crippen MR) is 93.3 cm³/mol. The quantitative estimate of drug-likeness (QED) is 0.775. The molecule has 1 atom stereocenters. The molecule has 0 spiro atoms. The van der Waals surface area contributed by atoms with E-state index >= 15 is 0 Å². The fraction of sp³-hybridized carbons (Fsp3) is 0.588. The number of rotatable bonds is 6. The largest absolute Gasteiger partial charge is 0.491 e. The lowest BCUT2D eigenvalue weighted by molar-refractivity contribution is -0.139. The van der Waals surface area contributed by atoms with Crippen LogP contribution in [0.15, 0.2) is 24.3 Å². The number of benzene rings is 1. The zero-order valence-corrected chi connectivity index (χ0v) is 15.3. The summed E-state index contributed by atoms with van der Waals surface area (Å²) >= 11 is 0. The van der Waals surface area contributed by atoms with Crippen LogP contribution in [0.1, 0.15) is 25.3 Å². The van der Waals surface area contributed by atoms with Crippen LogP contribution in [-0.4, -0.2) is 38.3 Å². The number of halogens is 4. The number of carbonyl (C=O) groups excluding carboxylic acids is 1. The SMILES string of the molecule is CC(COc1ccccc1C(F)(F)F)NC(=O)C1(CN)CCOCC1.Cl. The summed E-state index contributed by atoms with van der Waals surface area (Å²) < 4.78 is 49.4. The van der Waals surface area contributed by atoms with Gasteiger partial charge in [0, 0.05) is 19.8 Å². The third kappa shape index (κ3) is 5.49. The zero-order chi connectivity index (χ0) is 18.5. The van der Waals surface area contributed by atoms with Gasteiger partial charge in [0.05, 0.1) is 17.0 Å². The molecule has 1 aromatic rings. The van der Waals surface area contributed by atoms with E-state index in [1.54, 1.807) is 6.92 Å². The summed E-state index contributed by atoms with van der Waals surface area (Å²) in [7, 11) is 0. The third-order valence-corrected chi connectivity index (χ3v) is 4.38. The first kappa shape index (κ1) is 22.5. The van der Waals surface area contributed by atoms with Crippen molar-refractivity contribution in [3.8, 4) is 5.75 Å². The van der Waals surface area contributed by atoms with Crippen LogP contribution < -0.4 is 15.8 Å². The smallest absolute Gasteiger partial charge is 0.419 e. The molecule has 1 aliphatic heterocycles. The Morgan fingerprint density at radius 1 is 1.35 bits per heavy atom. The van der Waals surface area contributed by atoms with E-state index in [0.29, 0.717) is 26.1 Å². The van der Waals surface area contributed by atoms with Gasteiger partial charge in [0.2, 0.25) is 5.91 Å². The Hall–Kier alpha value is -1.51. The molecule has 148 valence electrons. The van der Waals surface area contributed by atoms with Crippen LogP contribution in [0.3, 0.4) is 0 Å². The van der Waals surface area contributed by atoms with Crippen molar-refractivity contribution >= 4 is 18.3 Å². The number of hydrogen-bond acceptors (Lipinski definition) is 4. The van der Waals surface area contributed by atoms with Gasteiger partial charge in [-0.2, -0.15) is 13.2 Å². The molecule has 1 unspecified atom stereocenters. The summed E-state index contributed by atoms with van der Waals surface area (Å²) in [4.78, 5) is 12.5. The van der Waals surface area contributed by atoms with Gasteiger partial charge in [-0.15, -0.1) is 12.4 Å². The monoisotopic (exact) mass is 396 g/mol. The van der Waals surface area contributed by atoms with Crippen molar-refractivity contribution in [2.75, 3.05) is 26.4 Å². The first-order valence-electron chi connectivity index (χ1n) is 8.16. The second kappa shape index (κ2) is 9.43. The Morgan fingerprint density at radius 2 is 1.96 bits per heavy atom. The van der Waals surface area contributed by atoms with Gasteiger partial charge < -0.3 is 20.5 Å². The van der Waals surface area contributed by atoms with Gasteiger partial charge in [-0.05, 0) is 31.9 Å². The molecular formula is C17H24ClF3N2O3. The Bertz CT molecular complexity index is 593. The van der Waals surface area contributed by atoms with Crippen molar-refractivity contribution in [3.05, 3.63) is 29.8 Å². The molecule has 0 aliphatic carbocycles. The lowest BCUT2D eigenvalue weighted by Crippen LogP contribution is -2.52. The predicted octanol–water partition coefficient (Wildman–Crippen LogP) is 2.77. The number of hydrogen-bond donors (Lipinski definition) is 2. The fourth-order valence-corrected chi connectivity index (χ4v) is 2.75. The molecule has 1 fully saturated rings. The average Bonchev–Trinajstić information content (AvgIpc) is 2.60. The lowest BCUT2D eigenvalue weighted by atomic mass is 9.79. The standard InChI is InChI=1S/C17H23F3N2O3.ClH/c1-12(22-15(23)16(11-21)6-8-24-9-7-16)10-25-14-5-3-2-4-13(14)17(18,19)20;/h2-5,12H,6-11,21H2,1H3,(H,22,23);1H. The molecule has 9 heteroatoms. The molecule has 0 bridgehead atoms. The highest BCUT2D eigenvalue weighted by Crippen LogP contribution is 2.36. The molecule has 1 amide bonds. The lowest BCUT2D eigenvalue weighted by Gasteiger charge is -2.35. The van der Waals surface area contributed by atoms with Gasteiger partial charge in [-0.25, -0.2) is 0 Å². The third-order valence-electron chi connectivity index (χ3n) is 4.38. The number of nitrogens with one attached hydrogen (secondary N) is 1. The first-order chi connectivity index (χ1) is 11.8. The molecular weight excluding hydrogens is 373 g/mol. The molecule has 26 heavy (non-hydrogen) atoms. The molecule has 1 heterocycles. The highest BCUT2D eigenvalue weighted by molar-refractivity contribution is 5.85. The number of carbonyl (C=O) groups is 1. The number of nitrogens with two attached hydrogens (primary N) is 1. The van der Waals surface area contributed by atoms with Gasteiger partial charge in [-0.3, -0.25) is 4.79 Å². The summed E-state index contributed by atoms with van der Waals surface area (Å²) in [6.45, 7) is 2.74. The van der Waals surface area contributed by atoms with Crippen molar-refractivity contribution in [2.45, 2.75) is 32.0 Å². The van der Waals surface area contributed by atoms with Gasteiger partial charge in [0.1, 0.15) is 12.4 Å². The van der Waals surface area contributed by atoms with E-state index in [2.05, 4.69) is 5.32 Å². The van der Waals surface area contributed by atoms with E-state index in [-0.39, 0.29) is 37.2 Å². The van der Waals surface area contributed by atoms with Crippen LogP contribution in [-0.2, 0) is 15.7 Å². The molecule has 2 rings (SSSR count). The maximum atomic E-state index is 12.9. The second-order valence-corrected chi connectivity index (χ2v) is 6.28. The molecule has 3 N–H and O–H groups in total. The molecule has 1 saturated heterocycles. The molecule has 1 aliphatic rings. The van der Waals surface area contributed by atoms with Gasteiger partial charge in [-0.1, -0.05) is 12.1 Å². The summed E-state index contributed by atoms with van der Waals surface area (Å²) in [6.07, 6.45) is -3.44. The van der Waals surface area contributed by atoms with E-state index in [9.17, 15) is 18.0 Å². The van der Waals surface area contributed by atoms with E-state index in [0.717, 1.165) is 6.07 Å². The highest BCUT2D eigenvalue weighted by Gasteiger charge is 2.39. The highest BCUT2D eigenvalue weighted by atomic mass is 35.5. The zero-order valence-electron chi connectivity index (χ0n) is 14.5. The first-order valence-corrected chi connectivity index (χ1v) is 8.16. The topological polar surface area (TPSA) is 73.6 Å². The van der Waals surface area contributed by atoms with Crippen LogP contribution in [0.25, 0.3) is 0 Å². The van der Waals surface area contributed by atoms with Gasteiger partial charge in [0.25, 0.3) is 0 Å². The van der Waals surface area contributed by atoms with E-state index in [1.807, 2.05) is 0 Å². The Kier molecular flexibility index (Phi) is 8.17. The van der Waals surface area contributed by atoms with E-state index < -0.39 is 23.2 Å². The summed E-state index contributed by atoms with van der Waals surface area (Å²) in [5.74, 6) is -0.464. The Balaban J connectivity index is 0.00000338. The summed E-state index contributed by atoms with van der Waals surface area (Å²) in [5.41, 5.74) is 4.25. The van der Waals surface area contributed by atoms with Crippen LogP contribution in [0.4, 0.5) is 13.2 Å².